The molecule has 0 aliphatic carbocycles. The second-order valence-electron chi connectivity index (χ2n) is 8.10. The van der Waals surface area contributed by atoms with Crippen molar-refractivity contribution < 1.29 is 9.47 Å². The molecule has 1 aromatic carbocycles. The van der Waals surface area contributed by atoms with E-state index in [0.717, 1.165) is 56.5 Å². The second kappa shape index (κ2) is 10.5. The third-order valence-corrected chi connectivity index (χ3v) is 6.77. The van der Waals surface area contributed by atoms with E-state index in [1.165, 1.54) is 31.5 Å². The molecular formula is C23H33N3O2S. The highest BCUT2D eigenvalue weighted by molar-refractivity contribution is 7.98. The molecule has 2 saturated heterocycles. The topological polar surface area (TPSA) is 39.5 Å². The van der Waals surface area contributed by atoms with Gasteiger partial charge in [-0.05, 0) is 75.1 Å². The molecule has 0 spiro atoms. The fourth-order valence-corrected chi connectivity index (χ4v) is 5.01. The zero-order valence-corrected chi connectivity index (χ0v) is 18.3. The molecule has 2 aliphatic heterocycles. The summed E-state index contributed by atoms with van der Waals surface area (Å²) in [6.07, 6.45) is 12.2. The summed E-state index contributed by atoms with van der Waals surface area (Å²) in [7, 11) is 0. The third-order valence-electron chi connectivity index (χ3n) is 6.07. The maximum atomic E-state index is 6.05. The van der Waals surface area contributed by atoms with E-state index in [-0.39, 0.29) is 6.10 Å². The minimum Gasteiger partial charge on any atom is -0.494 e. The standard InChI is InChI=1S/C23H33N3O2S/c1-29-23-24-10-14-26(23)18-22-17-20(9-16-28-22)19-5-7-21(8-6-19)27-15-4-13-25-11-2-3-12-25/h5-8,10,14,20,22H,2-4,9,11-13,15-18H2,1H3. The molecule has 2 aliphatic rings. The zero-order chi connectivity index (χ0) is 19.9. The SMILES string of the molecule is CSc1nccn1CC1CC(c2ccc(OCCCN3CCCC3)cc2)CCO1. The molecule has 5 nitrogen and oxygen atoms in total. The summed E-state index contributed by atoms with van der Waals surface area (Å²) in [6, 6.07) is 8.76. The summed E-state index contributed by atoms with van der Waals surface area (Å²) < 4.78 is 14.2. The van der Waals surface area contributed by atoms with Gasteiger partial charge in [-0.1, -0.05) is 23.9 Å². The molecule has 2 fully saturated rings. The highest BCUT2D eigenvalue weighted by Crippen LogP contribution is 2.32. The molecule has 2 atom stereocenters. The number of rotatable bonds is 9. The van der Waals surface area contributed by atoms with Crippen LogP contribution < -0.4 is 4.74 Å². The smallest absolute Gasteiger partial charge is 0.167 e. The van der Waals surface area contributed by atoms with Gasteiger partial charge in [0.1, 0.15) is 5.75 Å². The molecule has 4 rings (SSSR count). The number of imidazole rings is 1. The Labute approximate surface area is 178 Å². The van der Waals surface area contributed by atoms with Crippen LogP contribution in [0.3, 0.4) is 0 Å². The highest BCUT2D eigenvalue weighted by atomic mass is 32.2. The van der Waals surface area contributed by atoms with Crippen molar-refractivity contribution in [3.05, 3.63) is 42.2 Å². The fourth-order valence-electron chi connectivity index (χ4n) is 4.47. The Morgan fingerprint density at radius 2 is 2.03 bits per heavy atom. The number of thioether (sulfide) groups is 1. The summed E-state index contributed by atoms with van der Waals surface area (Å²) in [4.78, 5) is 6.94. The number of likely N-dealkylation sites (tertiary alicyclic amines) is 1. The van der Waals surface area contributed by atoms with Gasteiger partial charge >= 0.3 is 0 Å². The van der Waals surface area contributed by atoms with Crippen molar-refractivity contribution in [3.63, 3.8) is 0 Å². The summed E-state index contributed by atoms with van der Waals surface area (Å²) in [5.41, 5.74) is 1.40. The van der Waals surface area contributed by atoms with Crippen LogP contribution in [0.15, 0.2) is 41.8 Å². The molecule has 29 heavy (non-hydrogen) atoms. The lowest BCUT2D eigenvalue weighted by molar-refractivity contribution is -0.00436. The van der Waals surface area contributed by atoms with Gasteiger partial charge in [-0.15, -0.1) is 0 Å². The van der Waals surface area contributed by atoms with Crippen molar-refractivity contribution in [3.8, 4) is 5.75 Å². The van der Waals surface area contributed by atoms with E-state index in [4.69, 9.17) is 9.47 Å². The molecule has 158 valence electrons. The Kier molecular flexibility index (Phi) is 7.52. The molecule has 0 radical (unpaired) electrons. The van der Waals surface area contributed by atoms with Crippen molar-refractivity contribution in [2.75, 3.05) is 39.1 Å². The number of nitrogens with zero attached hydrogens (tertiary/aromatic N) is 3. The molecule has 2 aromatic rings. The lowest BCUT2D eigenvalue weighted by Gasteiger charge is -2.30. The van der Waals surface area contributed by atoms with Gasteiger partial charge in [-0.3, -0.25) is 0 Å². The summed E-state index contributed by atoms with van der Waals surface area (Å²) in [5, 5.41) is 1.06. The maximum absolute atomic E-state index is 6.05. The minimum absolute atomic E-state index is 0.246. The van der Waals surface area contributed by atoms with Gasteiger partial charge in [0.25, 0.3) is 0 Å². The molecule has 1 aromatic heterocycles. The number of benzene rings is 1. The number of hydrogen-bond donors (Lipinski definition) is 0. The Morgan fingerprint density at radius 1 is 1.21 bits per heavy atom. The molecule has 0 N–H and O–H groups in total. The van der Waals surface area contributed by atoms with Gasteiger partial charge in [0.2, 0.25) is 0 Å². The van der Waals surface area contributed by atoms with E-state index in [2.05, 4.69) is 51.2 Å². The van der Waals surface area contributed by atoms with Crippen LogP contribution in [0.4, 0.5) is 0 Å². The van der Waals surface area contributed by atoms with Gasteiger partial charge in [0.15, 0.2) is 5.16 Å². The van der Waals surface area contributed by atoms with Gasteiger partial charge < -0.3 is 18.9 Å². The van der Waals surface area contributed by atoms with Crippen LogP contribution in [-0.2, 0) is 11.3 Å². The fraction of sp³-hybridized carbons (Fsp3) is 0.609. The summed E-state index contributed by atoms with van der Waals surface area (Å²) in [6.45, 7) is 6.20. The molecule has 0 saturated carbocycles. The predicted octanol–water partition coefficient (Wildman–Crippen LogP) is 4.43. The summed E-state index contributed by atoms with van der Waals surface area (Å²) in [5.74, 6) is 1.54. The quantitative estimate of drug-likeness (QED) is 0.447. The molecule has 2 unspecified atom stereocenters. The van der Waals surface area contributed by atoms with E-state index in [0.29, 0.717) is 5.92 Å². The van der Waals surface area contributed by atoms with Crippen molar-refractivity contribution in [1.82, 2.24) is 14.5 Å². The highest BCUT2D eigenvalue weighted by Gasteiger charge is 2.24. The zero-order valence-electron chi connectivity index (χ0n) is 17.5. The first-order valence-corrected chi connectivity index (χ1v) is 12.2. The third kappa shape index (κ3) is 5.77. The Bertz CT molecular complexity index is 743. The van der Waals surface area contributed by atoms with Crippen molar-refractivity contribution in [2.45, 2.75) is 55.8 Å². The molecule has 3 heterocycles. The van der Waals surface area contributed by atoms with Crippen LogP contribution in [0.5, 0.6) is 5.75 Å². The normalized spacial score (nSPS) is 22.8. The van der Waals surface area contributed by atoms with E-state index in [1.54, 1.807) is 11.8 Å². The van der Waals surface area contributed by atoms with Crippen LogP contribution in [0.1, 0.15) is 43.6 Å². The molecular weight excluding hydrogens is 382 g/mol. The Hall–Kier alpha value is -1.50. The second-order valence-corrected chi connectivity index (χ2v) is 8.87. The van der Waals surface area contributed by atoms with Gasteiger partial charge in [0.05, 0.1) is 19.3 Å². The van der Waals surface area contributed by atoms with Crippen molar-refractivity contribution in [2.24, 2.45) is 0 Å². The lowest BCUT2D eigenvalue weighted by Crippen LogP contribution is -2.28. The largest absolute Gasteiger partial charge is 0.494 e. The van der Waals surface area contributed by atoms with Gasteiger partial charge in [0, 0.05) is 25.5 Å². The first-order valence-electron chi connectivity index (χ1n) is 10.9. The molecule has 0 bridgehead atoms. The van der Waals surface area contributed by atoms with Crippen molar-refractivity contribution in [1.29, 1.82) is 0 Å². The Morgan fingerprint density at radius 3 is 2.83 bits per heavy atom. The number of hydrogen-bond acceptors (Lipinski definition) is 5. The van der Waals surface area contributed by atoms with Crippen molar-refractivity contribution >= 4 is 11.8 Å². The first kappa shape index (κ1) is 20.8. The maximum Gasteiger partial charge on any atom is 0.167 e. The van der Waals surface area contributed by atoms with Crippen LogP contribution in [0.25, 0.3) is 0 Å². The van der Waals surface area contributed by atoms with Crippen LogP contribution in [-0.4, -0.2) is 59.7 Å². The van der Waals surface area contributed by atoms with E-state index in [1.807, 2.05) is 6.20 Å². The van der Waals surface area contributed by atoms with Crippen LogP contribution in [0.2, 0.25) is 0 Å². The van der Waals surface area contributed by atoms with E-state index in [9.17, 15) is 0 Å². The van der Waals surface area contributed by atoms with Crippen LogP contribution >= 0.6 is 11.8 Å². The minimum atomic E-state index is 0.246. The Balaban J connectivity index is 1.24. The number of aromatic nitrogens is 2. The number of ether oxygens (including phenoxy) is 2. The molecule has 0 amide bonds. The van der Waals surface area contributed by atoms with E-state index >= 15 is 0 Å². The average Bonchev–Trinajstić information content (AvgIpc) is 3.44. The lowest BCUT2D eigenvalue weighted by atomic mass is 9.88. The summed E-state index contributed by atoms with van der Waals surface area (Å²) >= 11 is 1.68. The van der Waals surface area contributed by atoms with Gasteiger partial charge in [-0.25, -0.2) is 4.98 Å². The van der Waals surface area contributed by atoms with E-state index < -0.39 is 0 Å². The first-order chi connectivity index (χ1) is 14.3. The monoisotopic (exact) mass is 415 g/mol. The molecule has 6 heteroatoms. The van der Waals surface area contributed by atoms with Gasteiger partial charge in [-0.2, -0.15) is 0 Å². The average molecular weight is 416 g/mol. The van der Waals surface area contributed by atoms with Crippen LogP contribution in [0, 0.1) is 0 Å². The predicted molar refractivity (Wildman–Crippen MR) is 118 cm³/mol.